The third-order valence-corrected chi connectivity index (χ3v) is 5.01. The second kappa shape index (κ2) is 8.39. The molecule has 0 saturated carbocycles. The van der Waals surface area contributed by atoms with Crippen LogP contribution in [0.5, 0.6) is 0 Å². The van der Waals surface area contributed by atoms with Gasteiger partial charge in [-0.25, -0.2) is 0 Å². The van der Waals surface area contributed by atoms with Crippen LogP contribution in [0.15, 0.2) is 0 Å². The number of hydrogen-bond donors (Lipinski definition) is 0. The lowest BCUT2D eigenvalue weighted by molar-refractivity contribution is 0.0322. The van der Waals surface area contributed by atoms with E-state index < -0.39 is 0 Å². The van der Waals surface area contributed by atoms with E-state index in [2.05, 4.69) is 14.7 Å². The minimum Gasteiger partial charge on any atom is -0.383 e. The Morgan fingerprint density at radius 1 is 1.21 bits per heavy atom. The van der Waals surface area contributed by atoms with Gasteiger partial charge in [-0.3, -0.25) is 9.80 Å². The summed E-state index contributed by atoms with van der Waals surface area (Å²) in [5.41, 5.74) is 0. The van der Waals surface area contributed by atoms with Gasteiger partial charge in [-0.05, 0) is 0 Å². The Hall–Kier alpha value is 0.0800. The van der Waals surface area contributed by atoms with Gasteiger partial charge in [0, 0.05) is 39.8 Å². The van der Waals surface area contributed by atoms with Gasteiger partial charge in [-0.15, -0.1) is 0 Å². The molecule has 0 amide bonds. The Balaban J connectivity index is 1.69. The monoisotopic (exact) mass is 305 g/mol. The predicted octanol–water partition coefficient (Wildman–Crippen LogP) is 0.516. The maximum atomic E-state index is 5.38. The van der Waals surface area contributed by atoms with Crippen LogP contribution in [0.3, 0.4) is 0 Å². The van der Waals surface area contributed by atoms with Crippen molar-refractivity contribution in [3.63, 3.8) is 0 Å². The molecule has 0 N–H and O–H groups in total. The van der Waals surface area contributed by atoms with Crippen molar-refractivity contribution in [1.82, 2.24) is 14.7 Å². The molecule has 2 heterocycles. The van der Waals surface area contributed by atoms with Gasteiger partial charge in [-0.1, -0.05) is 24.0 Å². The number of rotatable bonds is 6. The molecule has 2 saturated heterocycles. The number of hydrogen-bond acceptors (Lipinski definition) is 6. The van der Waals surface area contributed by atoms with E-state index >= 15 is 0 Å². The molecule has 2 aliphatic rings. The first-order valence-electron chi connectivity index (χ1n) is 6.72. The molecule has 19 heavy (non-hydrogen) atoms. The smallest absolute Gasteiger partial charge is 0.138 e. The molecule has 110 valence electrons. The fourth-order valence-electron chi connectivity index (χ4n) is 2.18. The number of thiocarbonyl (C=S) groups is 1. The van der Waals surface area contributed by atoms with E-state index in [-0.39, 0.29) is 0 Å². The Morgan fingerprint density at radius 3 is 2.68 bits per heavy atom. The van der Waals surface area contributed by atoms with Crippen LogP contribution in [0.25, 0.3) is 0 Å². The van der Waals surface area contributed by atoms with Gasteiger partial charge in [0.2, 0.25) is 0 Å². The van der Waals surface area contributed by atoms with Crippen molar-refractivity contribution < 1.29 is 9.47 Å². The summed E-state index contributed by atoms with van der Waals surface area (Å²) in [6, 6.07) is 0. The number of nitrogens with zero attached hydrogens (tertiary/aromatic N) is 3. The molecular formula is C12H23N3O2S2. The van der Waals surface area contributed by atoms with Gasteiger partial charge in [0.1, 0.15) is 4.32 Å². The van der Waals surface area contributed by atoms with E-state index in [1.165, 1.54) is 0 Å². The quantitative estimate of drug-likeness (QED) is 0.661. The van der Waals surface area contributed by atoms with E-state index in [1.54, 1.807) is 18.9 Å². The summed E-state index contributed by atoms with van der Waals surface area (Å²) in [6.07, 6.45) is 0. The van der Waals surface area contributed by atoms with Crippen molar-refractivity contribution in [1.29, 1.82) is 0 Å². The Morgan fingerprint density at radius 2 is 1.95 bits per heavy atom. The fraction of sp³-hybridized carbons (Fsp3) is 0.917. The Kier molecular flexibility index (Phi) is 6.83. The summed E-state index contributed by atoms with van der Waals surface area (Å²) in [5, 5.41) is 0. The van der Waals surface area contributed by atoms with Gasteiger partial charge in [0.25, 0.3) is 0 Å². The lowest BCUT2D eigenvalue weighted by Crippen LogP contribution is -2.49. The van der Waals surface area contributed by atoms with Crippen LogP contribution in [-0.4, -0.2) is 91.2 Å². The van der Waals surface area contributed by atoms with Crippen molar-refractivity contribution in [2.75, 3.05) is 72.2 Å². The number of thioether (sulfide) groups is 1. The molecular weight excluding hydrogens is 282 g/mol. The maximum absolute atomic E-state index is 5.38. The van der Waals surface area contributed by atoms with E-state index in [9.17, 15) is 0 Å². The van der Waals surface area contributed by atoms with Crippen molar-refractivity contribution in [2.45, 2.75) is 0 Å². The summed E-state index contributed by atoms with van der Waals surface area (Å²) in [5.74, 6) is 1.01. The number of methoxy groups -OCH3 is 1. The predicted molar refractivity (Wildman–Crippen MR) is 82.5 cm³/mol. The molecule has 0 atom stereocenters. The van der Waals surface area contributed by atoms with Crippen LogP contribution >= 0.6 is 24.0 Å². The first-order chi connectivity index (χ1) is 9.29. The van der Waals surface area contributed by atoms with E-state index in [4.69, 9.17) is 21.7 Å². The first-order valence-corrected chi connectivity index (χ1v) is 8.12. The Labute approximate surface area is 125 Å². The molecule has 0 aromatic heterocycles. The molecule has 5 nitrogen and oxygen atoms in total. The van der Waals surface area contributed by atoms with E-state index in [0.29, 0.717) is 0 Å². The summed E-state index contributed by atoms with van der Waals surface area (Å²) in [7, 11) is 1.73. The molecule has 0 aromatic carbocycles. The lowest BCUT2D eigenvalue weighted by atomic mass is 10.4. The van der Waals surface area contributed by atoms with E-state index in [1.807, 2.05) is 0 Å². The lowest BCUT2D eigenvalue weighted by Gasteiger charge is -2.37. The van der Waals surface area contributed by atoms with Crippen LogP contribution < -0.4 is 0 Å². The zero-order chi connectivity index (χ0) is 13.5. The second-order valence-electron chi connectivity index (χ2n) is 4.79. The van der Waals surface area contributed by atoms with Crippen molar-refractivity contribution >= 4 is 28.3 Å². The third kappa shape index (κ3) is 5.17. The van der Waals surface area contributed by atoms with Crippen LogP contribution in [0.4, 0.5) is 0 Å². The van der Waals surface area contributed by atoms with Gasteiger partial charge in [0.15, 0.2) is 0 Å². The average molecular weight is 305 g/mol. The highest BCUT2D eigenvalue weighted by atomic mass is 32.2. The summed E-state index contributed by atoms with van der Waals surface area (Å²) >= 11 is 7.14. The normalized spacial score (nSPS) is 23.0. The van der Waals surface area contributed by atoms with Crippen LogP contribution in [-0.2, 0) is 9.47 Å². The summed E-state index contributed by atoms with van der Waals surface area (Å²) in [4.78, 5) is 7.15. The van der Waals surface area contributed by atoms with Crippen molar-refractivity contribution in [3.05, 3.63) is 0 Å². The molecule has 7 heteroatoms. The van der Waals surface area contributed by atoms with Crippen LogP contribution in [0, 0.1) is 0 Å². The zero-order valence-electron chi connectivity index (χ0n) is 11.5. The first kappa shape index (κ1) is 15.5. The molecule has 0 aromatic rings. The SMILES string of the molecule is COCCN1CN(CCN2CCOCC2)CSC1=S. The standard InChI is InChI=1S/C12H23N3O2S2/c1-16-7-6-15-10-14(11-19-12(15)18)3-2-13-4-8-17-9-5-13/h2-11H2,1H3. The molecule has 0 aliphatic carbocycles. The maximum Gasteiger partial charge on any atom is 0.138 e. The number of morpholine rings is 1. The fourth-order valence-corrected chi connectivity index (χ4v) is 3.33. The molecule has 2 fully saturated rings. The van der Waals surface area contributed by atoms with Crippen LogP contribution in [0.1, 0.15) is 0 Å². The van der Waals surface area contributed by atoms with Crippen molar-refractivity contribution in [3.8, 4) is 0 Å². The molecule has 0 radical (unpaired) electrons. The molecule has 0 spiro atoms. The highest BCUT2D eigenvalue weighted by Gasteiger charge is 2.21. The molecule has 0 bridgehead atoms. The van der Waals surface area contributed by atoms with Crippen LogP contribution in [0.2, 0.25) is 0 Å². The highest BCUT2D eigenvalue weighted by molar-refractivity contribution is 8.22. The zero-order valence-corrected chi connectivity index (χ0v) is 13.2. The third-order valence-electron chi connectivity index (χ3n) is 3.40. The van der Waals surface area contributed by atoms with Gasteiger partial charge in [-0.2, -0.15) is 0 Å². The minimum absolute atomic E-state index is 0.734. The summed E-state index contributed by atoms with van der Waals surface area (Å²) in [6.45, 7) is 8.64. The molecule has 2 rings (SSSR count). The van der Waals surface area contributed by atoms with Gasteiger partial charge < -0.3 is 14.4 Å². The minimum atomic E-state index is 0.734. The van der Waals surface area contributed by atoms with Gasteiger partial charge in [0.05, 0.1) is 32.4 Å². The average Bonchev–Trinajstić information content (AvgIpc) is 2.46. The Bertz CT molecular complexity index is 288. The van der Waals surface area contributed by atoms with Crippen molar-refractivity contribution in [2.24, 2.45) is 0 Å². The topological polar surface area (TPSA) is 28.2 Å². The largest absolute Gasteiger partial charge is 0.383 e. The molecule has 0 unspecified atom stereocenters. The highest BCUT2D eigenvalue weighted by Crippen LogP contribution is 2.18. The van der Waals surface area contributed by atoms with Gasteiger partial charge >= 0.3 is 0 Å². The van der Waals surface area contributed by atoms with E-state index in [0.717, 1.165) is 69.4 Å². The number of ether oxygens (including phenoxy) is 2. The molecule has 2 aliphatic heterocycles. The summed E-state index contributed by atoms with van der Waals surface area (Å²) < 4.78 is 11.5. The second-order valence-corrected chi connectivity index (χ2v) is 6.36.